The Hall–Kier alpha value is -0.630. The Balaban J connectivity index is 1.84. The highest BCUT2D eigenvalue weighted by molar-refractivity contribution is 5.17. The van der Waals surface area contributed by atoms with Crippen LogP contribution in [0.3, 0.4) is 0 Å². The highest BCUT2D eigenvalue weighted by Gasteiger charge is 2.46. The quantitative estimate of drug-likeness (QED) is 0.733. The van der Waals surface area contributed by atoms with Crippen molar-refractivity contribution in [3.05, 3.63) is 0 Å². The first-order valence-corrected chi connectivity index (χ1v) is 8.15. The van der Waals surface area contributed by atoms with Gasteiger partial charge in [0.25, 0.3) is 0 Å². The van der Waals surface area contributed by atoms with Crippen LogP contribution in [0.2, 0.25) is 0 Å². The van der Waals surface area contributed by atoms with Crippen LogP contribution in [0.4, 0.5) is 0 Å². The monoisotopic (exact) mass is 278 g/mol. The molecule has 20 heavy (non-hydrogen) atoms. The lowest BCUT2D eigenvalue weighted by molar-refractivity contribution is 0.195. The van der Waals surface area contributed by atoms with Crippen molar-refractivity contribution in [2.24, 2.45) is 5.92 Å². The van der Waals surface area contributed by atoms with Gasteiger partial charge in [-0.3, -0.25) is 5.32 Å². The summed E-state index contributed by atoms with van der Waals surface area (Å²) in [4.78, 5) is 4.88. The van der Waals surface area contributed by atoms with Crippen LogP contribution in [0.5, 0.6) is 0 Å². The molecule has 0 aromatic carbocycles. The molecule has 1 saturated heterocycles. The Morgan fingerprint density at radius 3 is 2.50 bits per heavy atom. The number of nitrogens with one attached hydrogen (secondary N) is 1. The zero-order valence-corrected chi connectivity index (χ0v) is 13.4. The summed E-state index contributed by atoms with van der Waals surface area (Å²) in [5.74, 6) is 0.545. The molecule has 0 bridgehead atoms. The predicted molar refractivity (Wildman–Crippen MR) is 82.5 cm³/mol. The van der Waals surface area contributed by atoms with E-state index in [-0.39, 0.29) is 5.54 Å². The molecule has 1 saturated carbocycles. The highest BCUT2D eigenvalue weighted by Crippen LogP contribution is 2.40. The van der Waals surface area contributed by atoms with Crippen molar-refractivity contribution in [2.75, 3.05) is 39.8 Å². The van der Waals surface area contributed by atoms with E-state index in [0.29, 0.717) is 12.0 Å². The van der Waals surface area contributed by atoms with Crippen LogP contribution in [-0.4, -0.2) is 61.2 Å². The molecule has 1 unspecified atom stereocenters. The van der Waals surface area contributed by atoms with Crippen LogP contribution in [0.15, 0.2) is 0 Å². The standard InChI is InChI=1S/C16H30N4/c1-14(2)18-16(12-17,15-6-7-15)13-19(3)10-11-20-8-4-5-9-20/h14-15,18H,4-11,13H2,1-3H3. The van der Waals surface area contributed by atoms with Gasteiger partial charge >= 0.3 is 0 Å². The molecule has 4 nitrogen and oxygen atoms in total. The predicted octanol–water partition coefficient (Wildman–Crippen LogP) is 1.68. The van der Waals surface area contributed by atoms with Gasteiger partial charge in [-0.25, -0.2) is 0 Å². The summed E-state index contributed by atoms with van der Waals surface area (Å²) in [6.45, 7) is 9.84. The second-order valence-corrected chi connectivity index (χ2v) is 6.94. The van der Waals surface area contributed by atoms with Gasteiger partial charge in [0.1, 0.15) is 5.54 Å². The first kappa shape index (κ1) is 15.8. The molecular formula is C16H30N4. The summed E-state index contributed by atoms with van der Waals surface area (Å²) in [7, 11) is 2.16. The van der Waals surface area contributed by atoms with Crippen LogP contribution < -0.4 is 5.32 Å². The fraction of sp³-hybridized carbons (Fsp3) is 0.938. The molecule has 0 spiro atoms. The molecule has 1 aliphatic heterocycles. The minimum absolute atomic E-state index is 0.339. The molecule has 0 aromatic rings. The van der Waals surface area contributed by atoms with Crippen LogP contribution in [0.25, 0.3) is 0 Å². The molecule has 0 amide bonds. The molecule has 1 atom stereocenters. The summed E-state index contributed by atoms with van der Waals surface area (Å²) in [5.41, 5.74) is -0.339. The van der Waals surface area contributed by atoms with Crippen molar-refractivity contribution in [1.82, 2.24) is 15.1 Å². The Bertz CT molecular complexity index is 339. The number of nitrogens with zero attached hydrogens (tertiary/aromatic N) is 3. The van der Waals surface area contributed by atoms with Gasteiger partial charge in [-0.05, 0) is 65.6 Å². The van der Waals surface area contributed by atoms with Gasteiger partial charge in [0.15, 0.2) is 0 Å². The molecule has 0 radical (unpaired) electrons. The maximum atomic E-state index is 9.71. The lowest BCUT2D eigenvalue weighted by atomic mass is 9.93. The summed E-state index contributed by atoms with van der Waals surface area (Å²) in [6, 6.07) is 2.96. The number of hydrogen-bond donors (Lipinski definition) is 1. The highest BCUT2D eigenvalue weighted by atomic mass is 15.2. The molecule has 4 heteroatoms. The second kappa shape index (κ2) is 6.89. The summed E-state index contributed by atoms with van der Waals surface area (Å²) in [6.07, 6.45) is 5.10. The lowest BCUT2D eigenvalue weighted by Gasteiger charge is -2.34. The molecule has 2 rings (SSSR count). The maximum Gasteiger partial charge on any atom is 0.122 e. The van der Waals surface area contributed by atoms with Crippen molar-refractivity contribution < 1.29 is 0 Å². The van der Waals surface area contributed by atoms with Gasteiger partial charge in [0.05, 0.1) is 6.07 Å². The Kier molecular flexibility index (Phi) is 5.42. The fourth-order valence-electron chi connectivity index (χ4n) is 3.37. The molecule has 1 N–H and O–H groups in total. The van der Waals surface area contributed by atoms with Crippen LogP contribution in [-0.2, 0) is 0 Å². The number of rotatable bonds is 8. The molecule has 1 heterocycles. The molecule has 2 fully saturated rings. The third-order valence-corrected chi connectivity index (χ3v) is 4.54. The SMILES string of the molecule is CC(C)NC(C#N)(CN(C)CCN1CCCC1)C1CC1. The van der Waals surface area contributed by atoms with Crippen molar-refractivity contribution >= 4 is 0 Å². The first-order valence-electron chi connectivity index (χ1n) is 8.15. The molecule has 114 valence electrons. The van der Waals surface area contributed by atoms with Crippen molar-refractivity contribution in [3.8, 4) is 6.07 Å². The minimum Gasteiger partial charge on any atom is -0.302 e. The van der Waals surface area contributed by atoms with E-state index in [2.05, 4.69) is 42.1 Å². The van der Waals surface area contributed by atoms with Gasteiger partial charge in [-0.1, -0.05) is 0 Å². The topological polar surface area (TPSA) is 42.3 Å². The average Bonchev–Trinajstić information content (AvgIpc) is 3.13. The van der Waals surface area contributed by atoms with Crippen molar-refractivity contribution in [2.45, 2.75) is 51.1 Å². The average molecular weight is 278 g/mol. The van der Waals surface area contributed by atoms with E-state index in [9.17, 15) is 5.26 Å². The van der Waals surface area contributed by atoms with E-state index >= 15 is 0 Å². The molecular weight excluding hydrogens is 248 g/mol. The Morgan fingerprint density at radius 1 is 1.35 bits per heavy atom. The van der Waals surface area contributed by atoms with Gasteiger partial charge in [-0.15, -0.1) is 0 Å². The Labute approximate surface area is 124 Å². The smallest absolute Gasteiger partial charge is 0.122 e. The number of likely N-dealkylation sites (tertiary alicyclic amines) is 1. The van der Waals surface area contributed by atoms with E-state index in [0.717, 1.165) is 19.6 Å². The normalized spacial score (nSPS) is 23.2. The van der Waals surface area contributed by atoms with Gasteiger partial charge < -0.3 is 9.80 Å². The van der Waals surface area contributed by atoms with E-state index < -0.39 is 0 Å². The zero-order valence-electron chi connectivity index (χ0n) is 13.4. The largest absolute Gasteiger partial charge is 0.302 e. The Morgan fingerprint density at radius 2 is 2.00 bits per heavy atom. The van der Waals surface area contributed by atoms with Gasteiger partial charge in [0.2, 0.25) is 0 Å². The third kappa shape index (κ3) is 4.18. The summed E-state index contributed by atoms with van der Waals surface area (Å²) in [5, 5.41) is 13.3. The molecule has 2 aliphatic rings. The van der Waals surface area contributed by atoms with E-state index in [1.54, 1.807) is 0 Å². The number of likely N-dealkylation sites (N-methyl/N-ethyl adjacent to an activating group) is 1. The van der Waals surface area contributed by atoms with E-state index in [4.69, 9.17) is 0 Å². The maximum absolute atomic E-state index is 9.71. The van der Waals surface area contributed by atoms with Crippen LogP contribution in [0.1, 0.15) is 39.5 Å². The van der Waals surface area contributed by atoms with Crippen LogP contribution in [0, 0.1) is 17.2 Å². The fourth-order valence-corrected chi connectivity index (χ4v) is 3.37. The van der Waals surface area contributed by atoms with Crippen LogP contribution >= 0.6 is 0 Å². The van der Waals surface area contributed by atoms with Gasteiger partial charge in [-0.2, -0.15) is 5.26 Å². The second-order valence-electron chi connectivity index (χ2n) is 6.94. The van der Waals surface area contributed by atoms with Crippen molar-refractivity contribution in [3.63, 3.8) is 0 Å². The lowest BCUT2D eigenvalue weighted by Crippen LogP contribution is -2.56. The first-order chi connectivity index (χ1) is 9.55. The van der Waals surface area contributed by atoms with E-state index in [1.165, 1.54) is 38.8 Å². The van der Waals surface area contributed by atoms with E-state index in [1.807, 2.05) is 0 Å². The summed E-state index contributed by atoms with van der Waals surface area (Å²) >= 11 is 0. The summed E-state index contributed by atoms with van der Waals surface area (Å²) < 4.78 is 0. The minimum atomic E-state index is -0.339. The van der Waals surface area contributed by atoms with Crippen molar-refractivity contribution in [1.29, 1.82) is 5.26 Å². The third-order valence-electron chi connectivity index (χ3n) is 4.54. The molecule has 0 aromatic heterocycles. The molecule has 1 aliphatic carbocycles. The van der Waals surface area contributed by atoms with Gasteiger partial charge in [0, 0.05) is 25.7 Å². The number of hydrogen-bond acceptors (Lipinski definition) is 4. The number of nitriles is 1. The zero-order chi connectivity index (χ0) is 14.6.